The van der Waals surface area contributed by atoms with Gasteiger partial charge in [0.1, 0.15) is 0 Å². The molecule has 8 bridgehead atoms. The molecular weight excluding hydrogens is 670 g/mol. The van der Waals surface area contributed by atoms with Gasteiger partial charge in [-0.05, 0) is 139 Å². The van der Waals surface area contributed by atoms with Crippen molar-refractivity contribution >= 4 is 15.8 Å². The van der Waals surface area contributed by atoms with Crippen molar-refractivity contribution < 1.29 is 17.1 Å². The first-order valence-corrected chi connectivity index (χ1v) is 23.2. The summed E-state index contributed by atoms with van der Waals surface area (Å²) in [6.45, 7) is 15.2. The fourth-order valence-electron chi connectivity index (χ4n) is 13.1. The van der Waals surface area contributed by atoms with Crippen LogP contribution in [0.1, 0.15) is 117 Å². The average molecular weight is 735 g/mol. The summed E-state index contributed by atoms with van der Waals surface area (Å²) in [7, 11) is -0.140. The molecule has 0 atom stereocenters. The number of hydrogen-bond donors (Lipinski definition) is 0. The van der Waals surface area contributed by atoms with Crippen molar-refractivity contribution in [3.63, 3.8) is 0 Å². The quantitative estimate of drug-likeness (QED) is 0.129. The smallest absolute Gasteiger partial charge is 0 e. The van der Waals surface area contributed by atoms with Gasteiger partial charge in [0.15, 0.2) is 0 Å². The van der Waals surface area contributed by atoms with Crippen molar-refractivity contribution in [3.8, 4) is 11.1 Å². The summed E-state index contributed by atoms with van der Waals surface area (Å²) < 4.78 is 0. The molecule has 3 aromatic rings. The van der Waals surface area contributed by atoms with Crippen LogP contribution >= 0.6 is 15.8 Å². The van der Waals surface area contributed by atoms with E-state index in [1.54, 1.807) is 75.3 Å². The maximum Gasteiger partial charge on any atom is 0 e. The normalized spacial score (nSPS) is 34.8. The molecule has 0 amide bonds. The van der Waals surface area contributed by atoms with Gasteiger partial charge >= 0.3 is 0 Å². The van der Waals surface area contributed by atoms with Crippen LogP contribution in [0.4, 0.5) is 0 Å². The van der Waals surface area contributed by atoms with Crippen LogP contribution in [0, 0.1) is 47.3 Å². The van der Waals surface area contributed by atoms with Gasteiger partial charge in [-0.25, -0.2) is 6.07 Å². The van der Waals surface area contributed by atoms with Crippen molar-refractivity contribution in [2.75, 3.05) is 0 Å². The second-order valence-corrected chi connectivity index (χ2v) is 26.0. The van der Waals surface area contributed by atoms with Crippen molar-refractivity contribution in [2.24, 2.45) is 47.3 Å². The molecule has 0 unspecified atom stereocenters. The molecule has 11 rings (SSSR count). The van der Waals surface area contributed by atoms with E-state index in [0.717, 1.165) is 58.7 Å². The molecule has 49 heavy (non-hydrogen) atoms. The Hall–Kier alpha value is -0.701. The van der Waals surface area contributed by atoms with Crippen LogP contribution in [0.15, 0.2) is 72.8 Å². The van der Waals surface area contributed by atoms with Gasteiger partial charge in [0.05, 0.1) is 0 Å². The zero-order valence-electron chi connectivity index (χ0n) is 31.4. The van der Waals surface area contributed by atoms with E-state index in [1.807, 2.05) is 30.3 Å². The Bertz CT molecular complexity index is 1360. The number of rotatable bonds is 7. The fraction of sp³-hybridized carbons (Fsp3) is 0.652. The zero-order valence-corrected chi connectivity index (χ0v) is 34.3. The second-order valence-electron chi connectivity index (χ2n) is 19.6. The molecule has 0 N–H and O–H groups in total. The minimum Gasteiger partial charge on any atom is -0.748 e. The maximum absolute atomic E-state index is 2.73. The van der Waals surface area contributed by atoms with Crippen LogP contribution in [0.2, 0.25) is 0 Å². The molecule has 0 spiro atoms. The third-order valence-corrected chi connectivity index (χ3v) is 22.0. The number of hydrogen-bond acceptors (Lipinski definition) is 0. The first-order valence-electron chi connectivity index (χ1n) is 20.0. The molecule has 0 aliphatic heterocycles. The predicted molar refractivity (Wildman–Crippen MR) is 212 cm³/mol. The van der Waals surface area contributed by atoms with Crippen LogP contribution in [0.25, 0.3) is 11.1 Å². The van der Waals surface area contributed by atoms with Crippen molar-refractivity contribution in [1.82, 2.24) is 0 Å². The molecule has 0 nitrogen and oxygen atoms in total. The molecule has 8 aliphatic carbocycles. The molecule has 0 heterocycles. The average Bonchev–Trinajstić information content (AvgIpc) is 3.72. The SMILES string of the molecule is CC(C)(C)P(C[c-]1cc(-c2ccccc2)cc1CP(C1C2CC3CC(C2)CC1C3)C1C2CC3CC(C2)CC1C3)C(C)(C)C.[Fe].[cH-]1[cH-][cH-][cH-][cH-]1. The van der Waals surface area contributed by atoms with E-state index in [1.165, 1.54) is 23.5 Å². The van der Waals surface area contributed by atoms with Crippen LogP contribution in [-0.4, -0.2) is 21.6 Å². The summed E-state index contributed by atoms with van der Waals surface area (Å²) in [6, 6.07) is 26.8. The predicted octanol–water partition coefficient (Wildman–Crippen LogP) is 13.7. The van der Waals surface area contributed by atoms with E-state index in [4.69, 9.17) is 0 Å². The molecular formula is C46H64FeP2-6. The van der Waals surface area contributed by atoms with Gasteiger partial charge in [0.25, 0.3) is 0 Å². The first kappa shape index (κ1) is 36.6. The van der Waals surface area contributed by atoms with Crippen LogP contribution < -0.4 is 0 Å². The van der Waals surface area contributed by atoms with Gasteiger partial charge < -0.3 is 30.3 Å². The fourth-order valence-corrected chi connectivity index (χ4v) is 21.4. The Morgan fingerprint density at radius 3 is 1.39 bits per heavy atom. The maximum atomic E-state index is 2.73. The Labute approximate surface area is 313 Å². The third kappa shape index (κ3) is 7.70. The summed E-state index contributed by atoms with van der Waals surface area (Å²) in [6.07, 6.45) is 18.8. The van der Waals surface area contributed by atoms with Gasteiger partial charge in [0, 0.05) is 17.1 Å². The van der Waals surface area contributed by atoms with Crippen LogP contribution in [-0.2, 0) is 29.4 Å². The van der Waals surface area contributed by atoms with E-state index in [9.17, 15) is 0 Å². The van der Waals surface area contributed by atoms with Gasteiger partial charge in [-0.1, -0.05) is 91.5 Å². The second kappa shape index (κ2) is 14.6. The molecule has 8 saturated carbocycles. The summed E-state index contributed by atoms with van der Waals surface area (Å²) in [4.78, 5) is 0. The summed E-state index contributed by atoms with van der Waals surface area (Å²) >= 11 is 0. The Kier molecular flexibility index (Phi) is 10.9. The van der Waals surface area contributed by atoms with E-state index >= 15 is 0 Å². The van der Waals surface area contributed by atoms with E-state index in [-0.39, 0.29) is 32.9 Å². The minimum atomic E-state index is -0.157. The molecule has 0 aromatic heterocycles. The Balaban J connectivity index is 0.000000581. The van der Waals surface area contributed by atoms with Gasteiger partial charge in [-0.2, -0.15) is 17.2 Å². The van der Waals surface area contributed by atoms with Crippen molar-refractivity contribution in [2.45, 2.75) is 140 Å². The van der Waals surface area contributed by atoms with E-state index < -0.39 is 0 Å². The molecule has 8 aliphatic rings. The monoisotopic (exact) mass is 734 g/mol. The van der Waals surface area contributed by atoms with Crippen LogP contribution in [0.5, 0.6) is 0 Å². The first-order chi connectivity index (χ1) is 23.0. The van der Waals surface area contributed by atoms with Gasteiger partial charge in [-0.15, -0.1) is 13.5 Å². The largest absolute Gasteiger partial charge is 0.748 e. The third-order valence-electron chi connectivity index (χ3n) is 14.2. The summed E-state index contributed by atoms with van der Waals surface area (Å²) in [5, 5.41) is 0.727. The Morgan fingerprint density at radius 2 is 1.00 bits per heavy atom. The van der Waals surface area contributed by atoms with E-state index in [0.29, 0.717) is 10.3 Å². The topological polar surface area (TPSA) is 0 Å². The number of benzene rings is 1. The van der Waals surface area contributed by atoms with E-state index in [2.05, 4.69) is 84.0 Å². The molecule has 0 radical (unpaired) electrons. The molecule has 3 heteroatoms. The molecule has 8 fully saturated rings. The van der Waals surface area contributed by atoms with Gasteiger partial charge in [0.2, 0.25) is 0 Å². The molecule has 272 valence electrons. The van der Waals surface area contributed by atoms with Crippen molar-refractivity contribution in [3.05, 3.63) is 83.9 Å². The Morgan fingerprint density at radius 1 is 0.592 bits per heavy atom. The summed E-state index contributed by atoms with van der Waals surface area (Å²) in [5.74, 6) is 8.68. The van der Waals surface area contributed by atoms with Gasteiger partial charge in [-0.3, -0.25) is 0 Å². The van der Waals surface area contributed by atoms with Crippen molar-refractivity contribution in [1.29, 1.82) is 0 Å². The standard InChI is InChI=1S/C41H59P2.C5H5.Fe/c1-40(2,3)43(41(4,5)6)25-37-23-31(30-10-8-7-9-11-30)22-36(37)24-42(38-32-14-26-12-27(16-32)17-33(38)15-26)39-34-18-28-13-29(20-34)21-35(39)19-28;1-2-4-5-3-1;/h7-11,22-23,26-29,32-35,38-39H,12-21,24-25H2,1-6H3;1-5H;/q-1;-5;. The minimum absolute atomic E-state index is 0. The molecule has 3 aromatic carbocycles. The molecule has 0 saturated heterocycles. The zero-order chi connectivity index (χ0) is 33.2. The van der Waals surface area contributed by atoms with Crippen LogP contribution in [0.3, 0.4) is 0 Å². The summed E-state index contributed by atoms with van der Waals surface area (Å²) in [5.41, 5.74) is 8.65.